The third-order valence-corrected chi connectivity index (χ3v) is 1.45. The molecule has 0 spiro atoms. The highest BCUT2D eigenvalue weighted by molar-refractivity contribution is 6.27. The summed E-state index contributed by atoms with van der Waals surface area (Å²) in [4.78, 5) is 20.8. The molecule has 0 aliphatic rings. The van der Waals surface area contributed by atoms with E-state index >= 15 is 0 Å². The lowest BCUT2D eigenvalue weighted by molar-refractivity contribution is -0.159. The van der Waals surface area contributed by atoms with Gasteiger partial charge in [0.25, 0.3) is 0 Å². The Morgan fingerprint density at radius 2 is 2.00 bits per heavy atom. The molecule has 0 bridgehead atoms. The molecule has 0 rings (SSSR count). The van der Waals surface area contributed by atoms with Crippen molar-refractivity contribution in [1.82, 2.24) is 0 Å². The Kier molecular flexibility index (Phi) is 3.48. The van der Waals surface area contributed by atoms with Gasteiger partial charge in [-0.2, -0.15) is 0 Å². The summed E-state index contributed by atoms with van der Waals surface area (Å²) in [6, 6.07) is 0. The van der Waals surface area contributed by atoms with Crippen molar-refractivity contribution in [3.05, 3.63) is 0 Å². The molecule has 0 aliphatic carbocycles. The van der Waals surface area contributed by atoms with Gasteiger partial charge >= 0.3 is 5.97 Å². The molecular formula is C6H9ClO4. The molecule has 0 fully saturated rings. The predicted molar refractivity (Wildman–Crippen MR) is 38.6 cm³/mol. The van der Waals surface area contributed by atoms with Gasteiger partial charge in [-0.25, -0.2) is 4.79 Å². The molecule has 1 atom stereocenters. The number of halogens is 1. The molecular weight excluding hydrogens is 172 g/mol. The lowest BCUT2D eigenvalue weighted by atomic mass is 10.0. The molecule has 0 radical (unpaired) electrons. The molecule has 0 aromatic carbocycles. The largest absolute Gasteiger partial charge is 0.479 e. The third-order valence-electron chi connectivity index (χ3n) is 1.15. The van der Waals surface area contributed by atoms with E-state index in [0.29, 0.717) is 0 Å². The van der Waals surface area contributed by atoms with Gasteiger partial charge in [-0.15, -0.1) is 11.6 Å². The summed E-state index contributed by atoms with van der Waals surface area (Å²) in [6.07, 6.45) is -0.453. The molecule has 4 nitrogen and oxygen atoms in total. The molecule has 64 valence electrons. The Hall–Kier alpha value is -0.610. The maximum Gasteiger partial charge on any atom is 0.335 e. The van der Waals surface area contributed by atoms with Crippen molar-refractivity contribution >= 4 is 23.4 Å². The Balaban J connectivity index is 4.12. The van der Waals surface area contributed by atoms with Crippen LogP contribution in [0.2, 0.25) is 0 Å². The minimum Gasteiger partial charge on any atom is -0.479 e. The van der Waals surface area contributed by atoms with Crippen LogP contribution >= 0.6 is 11.6 Å². The van der Waals surface area contributed by atoms with Crippen LogP contribution in [0.25, 0.3) is 0 Å². The number of carboxylic acid groups (broad SMARTS) is 1. The first-order valence-electron chi connectivity index (χ1n) is 2.93. The number of ketones is 1. The Bertz CT molecular complexity index is 175. The fraction of sp³-hybridized carbons (Fsp3) is 0.667. The summed E-state index contributed by atoms with van der Waals surface area (Å²) in [7, 11) is 0. The van der Waals surface area contributed by atoms with Gasteiger partial charge in [-0.3, -0.25) is 4.79 Å². The lowest BCUT2D eigenvalue weighted by Gasteiger charge is -2.15. The van der Waals surface area contributed by atoms with Gasteiger partial charge in [0.1, 0.15) is 0 Å². The van der Waals surface area contributed by atoms with Crippen LogP contribution in [0.3, 0.4) is 0 Å². The number of aliphatic carboxylic acids is 1. The van der Waals surface area contributed by atoms with Crippen molar-refractivity contribution in [3.8, 4) is 0 Å². The first kappa shape index (κ1) is 10.4. The van der Waals surface area contributed by atoms with Crippen LogP contribution in [0.5, 0.6) is 0 Å². The van der Waals surface area contributed by atoms with Crippen LogP contribution in [-0.4, -0.2) is 33.4 Å². The lowest BCUT2D eigenvalue weighted by Crippen LogP contribution is -2.37. The molecule has 5 heteroatoms. The van der Waals surface area contributed by atoms with Crippen molar-refractivity contribution < 1.29 is 19.8 Å². The van der Waals surface area contributed by atoms with Crippen molar-refractivity contribution in [1.29, 1.82) is 0 Å². The zero-order valence-electron chi connectivity index (χ0n) is 6.00. The van der Waals surface area contributed by atoms with Gasteiger partial charge in [-0.1, -0.05) is 0 Å². The molecule has 1 unspecified atom stereocenters. The minimum atomic E-state index is -1.99. The van der Waals surface area contributed by atoms with E-state index in [-0.39, 0.29) is 5.88 Å². The summed E-state index contributed by atoms with van der Waals surface area (Å²) >= 11 is 5.11. The van der Waals surface area contributed by atoms with Crippen molar-refractivity contribution in [2.75, 3.05) is 5.88 Å². The Labute approximate surface area is 68.8 Å². The Morgan fingerprint density at radius 1 is 1.55 bits per heavy atom. The van der Waals surface area contributed by atoms with E-state index in [0.717, 1.165) is 6.92 Å². The second-order valence-electron chi connectivity index (χ2n) is 2.43. The number of carbonyl (C=O) groups excluding carboxylic acids is 1. The molecule has 0 aromatic heterocycles. The highest BCUT2D eigenvalue weighted by Crippen LogP contribution is 2.09. The zero-order valence-corrected chi connectivity index (χ0v) is 6.76. The van der Waals surface area contributed by atoms with E-state index in [4.69, 9.17) is 21.8 Å². The number of hydrogen-bond acceptors (Lipinski definition) is 3. The van der Waals surface area contributed by atoms with E-state index in [1.54, 1.807) is 0 Å². The van der Waals surface area contributed by atoms with Gasteiger partial charge in [0.15, 0.2) is 11.4 Å². The fourth-order valence-electron chi connectivity index (χ4n) is 0.507. The van der Waals surface area contributed by atoms with Gasteiger partial charge < -0.3 is 10.2 Å². The van der Waals surface area contributed by atoms with E-state index < -0.39 is 23.8 Å². The smallest absolute Gasteiger partial charge is 0.335 e. The van der Waals surface area contributed by atoms with Crippen molar-refractivity contribution in [2.45, 2.75) is 18.9 Å². The number of carbonyl (C=O) groups is 2. The monoisotopic (exact) mass is 180 g/mol. The minimum absolute atomic E-state index is 0.274. The normalized spacial score (nSPS) is 15.5. The second kappa shape index (κ2) is 3.69. The molecule has 0 aromatic rings. The van der Waals surface area contributed by atoms with Crippen LogP contribution in [-0.2, 0) is 9.59 Å². The zero-order chi connectivity index (χ0) is 9.07. The number of aliphatic hydroxyl groups is 1. The maximum absolute atomic E-state index is 10.6. The van der Waals surface area contributed by atoms with Crippen LogP contribution in [0, 0.1) is 0 Å². The van der Waals surface area contributed by atoms with E-state index in [1.165, 1.54) is 0 Å². The van der Waals surface area contributed by atoms with Crippen LogP contribution in [0.1, 0.15) is 13.3 Å². The van der Waals surface area contributed by atoms with Crippen LogP contribution in [0.4, 0.5) is 0 Å². The Morgan fingerprint density at radius 3 is 2.27 bits per heavy atom. The van der Waals surface area contributed by atoms with Crippen molar-refractivity contribution in [2.24, 2.45) is 0 Å². The first-order chi connectivity index (χ1) is 4.90. The third kappa shape index (κ3) is 3.34. The highest BCUT2D eigenvalue weighted by atomic mass is 35.5. The van der Waals surface area contributed by atoms with Crippen molar-refractivity contribution in [3.63, 3.8) is 0 Å². The maximum atomic E-state index is 10.6. The summed E-state index contributed by atoms with van der Waals surface area (Å²) in [6.45, 7) is 1.06. The fourth-order valence-corrected chi connectivity index (χ4v) is 0.601. The molecule has 0 saturated heterocycles. The molecule has 11 heavy (non-hydrogen) atoms. The topological polar surface area (TPSA) is 74.6 Å². The van der Waals surface area contributed by atoms with Gasteiger partial charge in [0.05, 0.1) is 5.88 Å². The van der Waals surface area contributed by atoms with Gasteiger partial charge in [-0.05, 0) is 6.92 Å². The summed E-state index contributed by atoms with van der Waals surface area (Å²) < 4.78 is 0. The molecule has 2 N–H and O–H groups in total. The summed E-state index contributed by atoms with van der Waals surface area (Å²) in [5, 5.41) is 17.4. The quantitative estimate of drug-likeness (QED) is 0.599. The highest BCUT2D eigenvalue weighted by Gasteiger charge is 2.32. The van der Waals surface area contributed by atoms with Crippen LogP contribution in [0.15, 0.2) is 0 Å². The van der Waals surface area contributed by atoms with Crippen LogP contribution < -0.4 is 0 Å². The molecule has 0 heterocycles. The number of rotatable bonds is 4. The number of hydrogen-bond donors (Lipinski definition) is 2. The summed E-state index contributed by atoms with van der Waals surface area (Å²) in [5.74, 6) is -2.18. The second-order valence-corrected chi connectivity index (χ2v) is 2.70. The average Bonchev–Trinajstić information content (AvgIpc) is 1.86. The molecule has 0 saturated carbocycles. The van der Waals surface area contributed by atoms with E-state index in [2.05, 4.69) is 0 Å². The molecule has 0 aliphatic heterocycles. The van der Waals surface area contributed by atoms with Gasteiger partial charge in [0, 0.05) is 6.42 Å². The van der Waals surface area contributed by atoms with E-state index in [1.807, 2.05) is 0 Å². The number of Topliss-reactive ketones (excluding diaryl/α,β-unsaturated/α-hetero) is 1. The first-order valence-corrected chi connectivity index (χ1v) is 3.47. The summed E-state index contributed by atoms with van der Waals surface area (Å²) in [5.41, 5.74) is -1.99. The number of carboxylic acids is 1. The van der Waals surface area contributed by atoms with E-state index in [9.17, 15) is 9.59 Å². The standard InChI is InChI=1S/C6H9ClO4/c1-6(11,5(9)10)2-4(8)3-7/h11H,2-3H2,1H3,(H,9,10). The average molecular weight is 181 g/mol. The number of alkyl halides is 1. The predicted octanol–water partition coefficient (Wildman–Crippen LogP) is 0.0200. The SMILES string of the molecule is CC(O)(CC(=O)CCl)C(=O)O. The van der Waals surface area contributed by atoms with Gasteiger partial charge in [0.2, 0.25) is 0 Å². The molecule has 0 amide bonds.